The fourth-order valence-corrected chi connectivity index (χ4v) is 4.43. The van der Waals surface area contributed by atoms with E-state index in [4.69, 9.17) is 0 Å². The van der Waals surface area contributed by atoms with Crippen molar-refractivity contribution >= 4 is 0 Å². The largest absolute Gasteiger partial charge is 0.312 e. The summed E-state index contributed by atoms with van der Waals surface area (Å²) in [4.78, 5) is 2.79. The summed E-state index contributed by atoms with van der Waals surface area (Å²) >= 11 is 0. The first-order chi connectivity index (χ1) is 9.83. The van der Waals surface area contributed by atoms with Gasteiger partial charge in [-0.15, -0.1) is 0 Å². The van der Waals surface area contributed by atoms with E-state index in [9.17, 15) is 0 Å². The van der Waals surface area contributed by atoms with Crippen LogP contribution in [0, 0.1) is 17.8 Å². The zero-order valence-corrected chi connectivity index (χ0v) is 13.4. The van der Waals surface area contributed by atoms with Crippen LogP contribution in [0.4, 0.5) is 0 Å². The molecule has 116 valence electrons. The maximum Gasteiger partial charge on any atom is 0.0198 e. The van der Waals surface area contributed by atoms with Gasteiger partial charge in [0.2, 0.25) is 0 Å². The highest BCUT2D eigenvalue weighted by atomic mass is 15.2. The third kappa shape index (κ3) is 4.46. The van der Waals surface area contributed by atoms with Gasteiger partial charge in [-0.3, -0.25) is 0 Å². The Morgan fingerprint density at radius 2 is 1.75 bits per heavy atom. The molecule has 1 N–H and O–H groups in total. The lowest BCUT2D eigenvalue weighted by atomic mass is 9.90. The molecule has 0 aromatic rings. The van der Waals surface area contributed by atoms with Crippen molar-refractivity contribution in [3.8, 4) is 0 Å². The SMILES string of the molecule is CCCC1CC(NCC2CCCC2)CN(CC2CC2)C1. The summed E-state index contributed by atoms with van der Waals surface area (Å²) in [7, 11) is 0. The van der Waals surface area contributed by atoms with Gasteiger partial charge >= 0.3 is 0 Å². The monoisotopic (exact) mass is 278 g/mol. The summed E-state index contributed by atoms with van der Waals surface area (Å²) in [6.07, 6.45) is 13.1. The molecule has 3 fully saturated rings. The minimum atomic E-state index is 0.777. The molecule has 2 nitrogen and oxygen atoms in total. The highest BCUT2D eigenvalue weighted by Crippen LogP contribution is 2.32. The van der Waals surface area contributed by atoms with E-state index in [2.05, 4.69) is 17.1 Å². The van der Waals surface area contributed by atoms with E-state index >= 15 is 0 Å². The number of piperidine rings is 1. The summed E-state index contributed by atoms with van der Waals surface area (Å²) in [6.45, 7) is 7.73. The topological polar surface area (TPSA) is 15.3 Å². The molecule has 0 bridgehead atoms. The van der Waals surface area contributed by atoms with Crippen molar-refractivity contribution in [1.29, 1.82) is 0 Å². The predicted octanol–water partition coefficient (Wildman–Crippen LogP) is 3.67. The molecule has 1 saturated heterocycles. The van der Waals surface area contributed by atoms with Gasteiger partial charge in [0.15, 0.2) is 0 Å². The Kier molecular flexibility index (Phi) is 5.39. The Bertz CT molecular complexity index is 281. The molecule has 2 heteroatoms. The van der Waals surface area contributed by atoms with Gasteiger partial charge in [-0.05, 0) is 62.8 Å². The lowest BCUT2D eigenvalue weighted by molar-refractivity contribution is 0.128. The molecule has 1 heterocycles. The maximum absolute atomic E-state index is 3.93. The number of likely N-dealkylation sites (tertiary alicyclic amines) is 1. The average molecular weight is 278 g/mol. The fraction of sp³-hybridized carbons (Fsp3) is 1.00. The molecular weight excluding hydrogens is 244 g/mol. The molecule has 1 aliphatic heterocycles. The molecule has 2 saturated carbocycles. The van der Waals surface area contributed by atoms with Gasteiger partial charge in [0.25, 0.3) is 0 Å². The zero-order chi connectivity index (χ0) is 13.8. The van der Waals surface area contributed by atoms with Crippen molar-refractivity contribution in [1.82, 2.24) is 10.2 Å². The average Bonchev–Trinajstić information content (AvgIpc) is 3.09. The number of nitrogens with one attached hydrogen (secondary N) is 1. The second kappa shape index (κ2) is 7.26. The minimum absolute atomic E-state index is 0.777. The molecule has 0 aromatic carbocycles. The van der Waals surface area contributed by atoms with Crippen LogP contribution in [0.25, 0.3) is 0 Å². The second-order valence-corrected chi connectivity index (χ2v) is 7.81. The quantitative estimate of drug-likeness (QED) is 0.764. The third-order valence-corrected chi connectivity index (χ3v) is 5.69. The first kappa shape index (κ1) is 14.8. The Balaban J connectivity index is 1.45. The molecule has 20 heavy (non-hydrogen) atoms. The number of nitrogens with zero attached hydrogens (tertiary/aromatic N) is 1. The Morgan fingerprint density at radius 1 is 0.950 bits per heavy atom. The van der Waals surface area contributed by atoms with Gasteiger partial charge in [0, 0.05) is 25.7 Å². The van der Waals surface area contributed by atoms with Gasteiger partial charge in [-0.25, -0.2) is 0 Å². The number of hydrogen-bond acceptors (Lipinski definition) is 2. The Hall–Kier alpha value is -0.0800. The van der Waals surface area contributed by atoms with Gasteiger partial charge in [-0.1, -0.05) is 26.2 Å². The molecule has 2 unspecified atom stereocenters. The van der Waals surface area contributed by atoms with Crippen molar-refractivity contribution < 1.29 is 0 Å². The van der Waals surface area contributed by atoms with Gasteiger partial charge < -0.3 is 10.2 Å². The van der Waals surface area contributed by atoms with E-state index in [0.29, 0.717) is 0 Å². The van der Waals surface area contributed by atoms with Gasteiger partial charge in [0.05, 0.1) is 0 Å². The minimum Gasteiger partial charge on any atom is -0.312 e. The van der Waals surface area contributed by atoms with Crippen LogP contribution in [0.3, 0.4) is 0 Å². The van der Waals surface area contributed by atoms with Crippen LogP contribution in [0.1, 0.15) is 64.7 Å². The van der Waals surface area contributed by atoms with Crippen LogP contribution >= 0.6 is 0 Å². The van der Waals surface area contributed by atoms with Crippen LogP contribution < -0.4 is 5.32 Å². The van der Waals surface area contributed by atoms with Crippen LogP contribution in [0.2, 0.25) is 0 Å². The van der Waals surface area contributed by atoms with Crippen molar-refractivity contribution in [2.45, 2.75) is 70.8 Å². The van der Waals surface area contributed by atoms with Crippen LogP contribution in [0.15, 0.2) is 0 Å². The highest BCUT2D eigenvalue weighted by Gasteiger charge is 2.31. The van der Waals surface area contributed by atoms with Crippen molar-refractivity contribution in [3.05, 3.63) is 0 Å². The van der Waals surface area contributed by atoms with E-state index in [-0.39, 0.29) is 0 Å². The van der Waals surface area contributed by atoms with Crippen molar-refractivity contribution in [2.75, 3.05) is 26.2 Å². The molecule has 3 aliphatic rings. The molecular formula is C18H34N2. The predicted molar refractivity (Wildman–Crippen MR) is 85.9 cm³/mol. The van der Waals surface area contributed by atoms with E-state index in [0.717, 1.165) is 23.8 Å². The molecule has 0 amide bonds. The molecule has 2 aliphatic carbocycles. The summed E-state index contributed by atoms with van der Waals surface area (Å²) in [5.41, 5.74) is 0. The van der Waals surface area contributed by atoms with Crippen molar-refractivity contribution in [3.63, 3.8) is 0 Å². The van der Waals surface area contributed by atoms with E-state index < -0.39 is 0 Å². The molecule has 0 spiro atoms. The first-order valence-electron chi connectivity index (χ1n) is 9.29. The zero-order valence-electron chi connectivity index (χ0n) is 13.4. The molecule has 0 radical (unpaired) electrons. The second-order valence-electron chi connectivity index (χ2n) is 7.81. The van der Waals surface area contributed by atoms with Crippen LogP contribution in [0.5, 0.6) is 0 Å². The van der Waals surface area contributed by atoms with E-state index in [1.165, 1.54) is 84.0 Å². The Labute approximate surface area is 125 Å². The smallest absolute Gasteiger partial charge is 0.0198 e. The standard InChI is InChI=1S/C18H34N2/c1-2-5-17-10-18(19-11-15-6-3-4-7-15)14-20(13-17)12-16-8-9-16/h15-19H,2-14H2,1H3. The maximum atomic E-state index is 3.93. The van der Waals surface area contributed by atoms with E-state index in [1.54, 1.807) is 0 Å². The Morgan fingerprint density at radius 3 is 2.45 bits per heavy atom. The summed E-state index contributed by atoms with van der Waals surface area (Å²) in [5, 5.41) is 3.93. The first-order valence-corrected chi connectivity index (χ1v) is 9.29. The van der Waals surface area contributed by atoms with Crippen molar-refractivity contribution in [2.24, 2.45) is 17.8 Å². The fourth-order valence-electron chi connectivity index (χ4n) is 4.43. The molecule has 0 aromatic heterocycles. The van der Waals surface area contributed by atoms with Gasteiger partial charge in [-0.2, -0.15) is 0 Å². The third-order valence-electron chi connectivity index (χ3n) is 5.69. The number of hydrogen-bond donors (Lipinski definition) is 1. The van der Waals surface area contributed by atoms with Crippen LogP contribution in [-0.2, 0) is 0 Å². The molecule has 3 rings (SSSR count). The lowest BCUT2D eigenvalue weighted by Crippen LogP contribution is -2.50. The van der Waals surface area contributed by atoms with Gasteiger partial charge in [0.1, 0.15) is 0 Å². The lowest BCUT2D eigenvalue weighted by Gasteiger charge is -2.39. The summed E-state index contributed by atoms with van der Waals surface area (Å²) in [6, 6.07) is 0.777. The number of rotatable bonds is 7. The molecule has 2 atom stereocenters. The highest BCUT2D eigenvalue weighted by molar-refractivity contribution is 4.87. The van der Waals surface area contributed by atoms with Crippen LogP contribution in [-0.4, -0.2) is 37.1 Å². The summed E-state index contributed by atoms with van der Waals surface area (Å²) in [5.74, 6) is 2.98. The van der Waals surface area contributed by atoms with E-state index in [1.807, 2.05) is 0 Å². The normalized spacial score (nSPS) is 32.9. The summed E-state index contributed by atoms with van der Waals surface area (Å²) < 4.78 is 0.